The highest BCUT2D eigenvalue weighted by Gasteiger charge is 2.24. The summed E-state index contributed by atoms with van der Waals surface area (Å²) >= 11 is 0. The van der Waals surface area contributed by atoms with Gasteiger partial charge in [0, 0.05) is 30.6 Å². The first-order valence-electron chi connectivity index (χ1n) is 10.3. The first kappa shape index (κ1) is 21.5. The van der Waals surface area contributed by atoms with Gasteiger partial charge in [-0.3, -0.25) is 9.59 Å². The van der Waals surface area contributed by atoms with Gasteiger partial charge >= 0.3 is 6.09 Å². The summed E-state index contributed by atoms with van der Waals surface area (Å²) in [6.45, 7) is 4.65. The Balaban J connectivity index is 1.56. The van der Waals surface area contributed by atoms with Gasteiger partial charge in [0.25, 0.3) is 5.56 Å². The molecule has 1 aromatic carbocycles. The fourth-order valence-corrected chi connectivity index (χ4v) is 3.48. The zero-order valence-electron chi connectivity index (χ0n) is 17.5. The quantitative estimate of drug-likeness (QED) is 0.750. The maximum absolute atomic E-state index is 12.4. The second-order valence-corrected chi connectivity index (χ2v) is 7.48. The minimum Gasteiger partial charge on any atom is -0.450 e. The van der Waals surface area contributed by atoms with E-state index < -0.39 is 6.09 Å². The highest BCUT2D eigenvalue weighted by Crippen LogP contribution is 2.16. The van der Waals surface area contributed by atoms with Gasteiger partial charge in [0.05, 0.1) is 18.8 Å². The summed E-state index contributed by atoms with van der Waals surface area (Å²) in [5.74, 6) is -0.242. The summed E-state index contributed by atoms with van der Waals surface area (Å²) < 4.78 is 6.21. The molecule has 30 heavy (non-hydrogen) atoms. The molecule has 0 spiro atoms. The molecule has 2 aromatic rings. The largest absolute Gasteiger partial charge is 0.450 e. The predicted molar refractivity (Wildman–Crippen MR) is 112 cm³/mol. The van der Waals surface area contributed by atoms with Gasteiger partial charge in [-0.15, -0.1) is 0 Å². The van der Waals surface area contributed by atoms with Crippen LogP contribution >= 0.6 is 0 Å². The molecule has 0 bridgehead atoms. The number of rotatable bonds is 7. The van der Waals surface area contributed by atoms with E-state index in [2.05, 4.69) is 22.5 Å². The van der Waals surface area contributed by atoms with Crippen LogP contribution in [-0.4, -0.2) is 45.9 Å². The lowest BCUT2D eigenvalue weighted by atomic mass is 10.1. The van der Waals surface area contributed by atoms with Crippen LogP contribution in [0.4, 0.5) is 4.79 Å². The van der Waals surface area contributed by atoms with Crippen molar-refractivity contribution in [2.75, 3.05) is 13.2 Å². The van der Waals surface area contributed by atoms with Crippen molar-refractivity contribution in [3.8, 4) is 0 Å². The van der Waals surface area contributed by atoms with E-state index in [4.69, 9.17) is 4.74 Å². The molecule has 0 saturated heterocycles. The molecule has 2 heterocycles. The van der Waals surface area contributed by atoms with Crippen molar-refractivity contribution in [2.45, 2.75) is 52.2 Å². The molecule has 8 nitrogen and oxygen atoms in total. The number of hydrogen-bond donors (Lipinski definition) is 1. The SMILES string of the molecule is CCOC(=O)N1CCc2nn(CC(=O)NC(C)CCc3ccccc3)c(=O)cc2C1. The Morgan fingerprint density at radius 1 is 1.27 bits per heavy atom. The molecule has 1 aliphatic heterocycles. The number of amides is 2. The van der Waals surface area contributed by atoms with Crippen molar-refractivity contribution in [1.82, 2.24) is 20.0 Å². The molecule has 1 aromatic heterocycles. The summed E-state index contributed by atoms with van der Waals surface area (Å²) in [5.41, 5.74) is 2.31. The lowest BCUT2D eigenvalue weighted by Crippen LogP contribution is -2.41. The van der Waals surface area contributed by atoms with Gasteiger partial charge in [-0.25, -0.2) is 9.48 Å². The van der Waals surface area contributed by atoms with Gasteiger partial charge in [0.15, 0.2) is 0 Å². The van der Waals surface area contributed by atoms with Crippen LogP contribution in [0.15, 0.2) is 41.2 Å². The van der Waals surface area contributed by atoms with Crippen molar-refractivity contribution in [3.05, 3.63) is 63.6 Å². The summed E-state index contributed by atoms with van der Waals surface area (Å²) in [4.78, 5) is 38.3. The van der Waals surface area contributed by atoms with Crippen LogP contribution in [0.5, 0.6) is 0 Å². The number of nitrogens with one attached hydrogen (secondary N) is 1. The van der Waals surface area contributed by atoms with Gasteiger partial charge < -0.3 is 15.0 Å². The first-order valence-corrected chi connectivity index (χ1v) is 10.3. The van der Waals surface area contributed by atoms with Gasteiger partial charge in [0.1, 0.15) is 6.54 Å². The van der Waals surface area contributed by atoms with E-state index in [9.17, 15) is 14.4 Å². The molecule has 1 N–H and O–H groups in total. The minimum absolute atomic E-state index is 0.0100. The Morgan fingerprint density at radius 2 is 2.03 bits per heavy atom. The third kappa shape index (κ3) is 5.68. The number of benzene rings is 1. The Bertz CT molecular complexity index is 942. The van der Waals surface area contributed by atoms with Crippen molar-refractivity contribution in [3.63, 3.8) is 0 Å². The van der Waals surface area contributed by atoms with E-state index in [-0.39, 0.29) is 24.1 Å². The lowest BCUT2D eigenvalue weighted by molar-refractivity contribution is -0.122. The van der Waals surface area contributed by atoms with Gasteiger partial charge in [-0.2, -0.15) is 5.10 Å². The number of hydrogen-bond acceptors (Lipinski definition) is 5. The normalized spacial score (nSPS) is 14.0. The van der Waals surface area contributed by atoms with E-state index >= 15 is 0 Å². The Labute approximate surface area is 175 Å². The number of carbonyl (C=O) groups is 2. The highest BCUT2D eigenvalue weighted by atomic mass is 16.6. The summed E-state index contributed by atoms with van der Waals surface area (Å²) in [7, 11) is 0. The molecule has 0 radical (unpaired) electrons. The molecule has 3 rings (SSSR count). The molecule has 1 unspecified atom stereocenters. The molecule has 0 saturated carbocycles. The second-order valence-electron chi connectivity index (χ2n) is 7.48. The van der Waals surface area contributed by atoms with E-state index in [1.807, 2.05) is 25.1 Å². The highest BCUT2D eigenvalue weighted by molar-refractivity contribution is 5.75. The first-order chi connectivity index (χ1) is 14.5. The molecule has 1 atom stereocenters. The standard InChI is InChI=1S/C22H28N4O4/c1-3-30-22(29)25-12-11-19-18(14-25)13-21(28)26(24-19)15-20(27)23-16(2)9-10-17-7-5-4-6-8-17/h4-8,13,16H,3,9-12,14-15H2,1-2H3,(H,23,27). The van der Waals surface area contributed by atoms with Crippen LogP contribution in [0.1, 0.15) is 37.1 Å². The van der Waals surface area contributed by atoms with Gasteiger partial charge in [-0.05, 0) is 32.3 Å². The monoisotopic (exact) mass is 412 g/mol. The smallest absolute Gasteiger partial charge is 0.410 e. The maximum atomic E-state index is 12.4. The number of carbonyl (C=O) groups excluding carboxylic acids is 2. The van der Waals surface area contributed by atoms with E-state index in [0.29, 0.717) is 31.7 Å². The van der Waals surface area contributed by atoms with Crippen LogP contribution in [0.2, 0.25) is 0 Å². The van der Waals surface area contributed by atoms with E-state index in [1.165, 1.54) is 16.3 Å². The Hall–Kier alpha value is -3.16. The van der Waals surface area contributed by atoms with Crippen LogP contribution < -0.4 is 10.9 Å². The second kappa shape index (κ2) is 10.0. The van der Waals surface area contributed by atoms with E-state index in [0.717, 1.165) is 18.5 Å². The third-order valence-electron chi connectivity index (χ3n) is 5.08. The lowest BCUT2D eigenvalue weighted by Gasteiger charge is -2.27. The molecule has 160 valence electrons. The minimum atomic E-state index is -0.392. The zero-order valence-corrected chi connectivity index (χ0v) is 17.5. The van der Waals surface area contributed by atoms with Crippen LogP contribution in [-0.2, 0) is 35.5 Å². The molecule has 0 fully saturated rings. The van der Waals surface area contributed by atoms with Crippen LogP contribution in [0.3, 0.4) is 0 Å². The third-order valence-corrected chi connectivity index (χ3v) is 5.08. The number of aromatic nitrogens is 2. The molecular weight excluding hydrogens is 384 g/mol. The number of fused-ring (bicyclic) bond motifs is 1. The van der Waals surface area contributed by atoms with Gasteiger partial charge in [0.2, 0.25) is 5.91 Å². The molecule has 1 aliphatic rings. The molecule has 8 heteroatoms. The van der Waals surface area contributed by atoms with Crippen molar-refractivity contribution < 1.29 is 14.3 Å². The summed E-state index contributed by atoms with van der Waals surface area (Å²) in [5, 5.41) is 7.29. The number of aryl methyl sites for hydroxylation is 1. The average Bonchev–Trinajstić information content (AvgIpc) is 2.73. The molecular formula is C22H28N4O4. The molecule has 0 aliphatic carbocycles. The van der Waals surface area contributed by atoms with Gasteiger partial charge in [-0.1, -0.05) is 30.3 Å². The van der Waals surface area contributed by atoms with Crippen molar-refractivity contribution in [1.29, 1.82) is 0 Å². The zero-order chi connectivity index (χ0) is 21.5. The van der Waals surface area contributed by atoms with Crippen molar-refractivity contribution in [2.24, 2.45) is 0 Å². The summed E-state index contributed by atoms with van der Waals surface area (Å²) in [6, 6.07) is 11.6. The fraction of sp³-hybridized carbons (Fsp3) is 0.455. The number of ether oxygens (including phenoxy) is 1. The Kier molecular flexibility index (Phi) is 7.21. The topological polar surface area (TPSA) is 93.5 Å². The summed E-state index contributed by atoms with van der Waals surface area (Å²) in [6.07, 6.45) is 1.81. The van der Waals surface area contributed by atoms with Crippen LogP contribution in [0.25, 0.3) is 0 Å². The van der Waals surface area contributed by atoms with Crippen LogP contribution in [0, 0.1) is 0 Å². The average molecular weight is 412 g/mol. The molecule has 2 amide bonds. The van der Waals surface area contributed by atoms with Crippen molar-refractivity contribution >= 4 is 12.0 Å². The predicted octanol–water partition coefficient (Wildman–Crippen LogP) is 1.90. The van der Waals surface area contributed by atoms with E-state index in [1.54, 1.807) is 11.8 Å². The Morgan fingerprint density at radius 3 is 2.77 bits per heavy atom. The fourth-order valence-electron chi connectivity index (χ4n) is 3.48. The number of nitrogens with zero attached hydrogens (tertiary/aromatic N) is 3. The maximum Gasteiger partial charge on any atom is 0.410 e.